The molecule has 16 heavy (non-hydrogen) atoms. The molecular formula is C12H10N2O2. The minimum absolute atomic E-state index is 0.394. The van der Waals surface area contributed by atoms with Crippen LogP contribution in [0.25, 0.3) is 10.9 Å². The van der Waals surface area contributed by atoms with E-state index in [1.54, 1.807) is 19.2 Å². The lowest BCUT2D eigenvalue weighted by molar-refractivity contribution is 0.0602. The molecule has 0 unspecified atom stereocenters. The molecule has 1 aromatic heterocycles. The first kappa shape index (κ1) is 10.2. The van der Waals surface area contributed by atoms with Crippen molar-refractivity contribution in [1.82, 2.24) is 10.2 Å². The van der Waals surface area contributed by atoms with Crippen LogP contribution in [0.2, 0.25) is 0 Å². The Morgan fingerprint density at radius 1 is 1.50 bits per heavy atom. The highest BCUT2D eigenvalue weighted by atomic mass is 16.5. The number of hydrogen-bond donors (Lipinski definition) is 1. The summed E-state index contributed by atoms with van der Waals surface area (Å²) in [6, 6.07) is 3.57. The largest absolute Gasteiger partial charge is 0.465 e. The summed E-state index contributed by atoms with van der Waals surface area (Å²) >= 11 is 0. The van der Waals surface area contributed by atoms with Gasteiger partial charge in [0.15, 0.2) is 0 Å². The van der Waals surface area contributed by atoms with Crippen LogP contribution in [0, 0.1) is 11.8 Å². The van der Waals surface area contributed by atoms with Crippen molar-refractivity contribution in [3.05, 3.63) is 29.5 Å². The van der Waals surface area contributed by atoms with Crippen molar-refractivity contribution < 1.29 is 9.53 Å². The van der Waals surface area contributed by atoms with Gasteiger partial charge in [-0.1, -0.05) is 5.92 Å². The Bertz CT molecular complexity index is 602. The molecule has 0 aliphatic carbocycles. The van der Waals surface area contributed by atoms with Crippen LogP contribution in [0.1, 0.15) is 22.8 Å². The fourth-order valence-corrected chi connectivity index (χ4v) is 1.54. The molecule has 0 aliphatic rings. The first-order valence-electron chi connectivity index (χ1n) is 4.74. The third kappa shape index (κ3) is 1.63. The number of ether oxygens (including phenoxy) is 1. The summed E-state index contributed by atoms with van der Waals surface area (Å²) in [5.41, 5.74) is 1.90. The van der Waals surface area contributed by atoms with Gasteiger partial charge < -0.3 is 4.74 Å². The number of hydrogen-bond acceptors (Lipinski definition) is 3. The molecule has 0 radical (unpaired) electrons. The summed E-state index contributed by atoms with van der Waals surface area (Å²) in [5.74, 6) is 5.31. The molecule has 0 fully saturated rings. The fraction of sp³-hybridized carbons (Fsp3) is 0.167. The number of esters is 1. The van der Waals surface area contributed by atoms with E-state index in [1.165, 1.54) is 7.11 Å². The zero-order chi connectivity index (χ0) is 11.5. The number of benzene rings is 1. The fourth-order valence-electron chi connectivity index (χ4n) is 1.54. The number of fused-ring (bicyclic) bond motifs is 1. The Morgan fingerprint density at radius 3 is 3.00 bits per heavy atom. The molecule has 2 rings (SSSR count). The third-order valence-electron chi connectivity index (χ3n) is 2.22. The van der Waals surface area contributed by atoms with E-state index in [4.69, 9.17) is 4.74 Å². The molecule has 4 nitrogen and oxygen atoms in total. The highest BCUT2D eigenvalue weighted by Crippen LogP contribution is 2.19. The Kier molecular flexibility index (Phi) is 2.61. The maximum atomic E-state index is 11.6. The Balaban J connectivity index is 2.71. The lowest BCUT2D eigenvalue weighted by Crippen LogP contribution is -2.02. The highest BCUT2D eigenvalue weighted by Gasteiger charge is 2.12. The SMILES string of the molecule is CC#Cc1cc(C(=O)OC)c2[nH]ncc2c1. The molecular weight excluding hydrogens is 204 g/mol. The van der Waals surface area contributed by atoms with Gasteiger partial charge in [-0.3, -0.25) is 5.10 Å². The first-order valence-corrected chi connectivity index (χ1v) is 4.74. The maximum absolute atomic E-state index is 11.6. The Labute approximate surface area is 92.6 Å². The molecule has 0 bridgehead atoms. The van der Waals surface area contributed by atoms with Gasteiger partial charge in [0, 0.05) is 10.9 Å². The average Bonchev–Trinajstić information content (AvgIpc) is 2.75. The maximum Gasteiger partial charge on any atom is 0.340 e. The van der Waals surface area contributed by atoms with Crippen molar-refractivity contribution in [1.29, 1.82) is 0 Å². The number of nitrogens with zero attached hydrogens (tertiary/aromatic N) is 1. The van der Waals surface area contributed by atoms with Gasteiger partial charge >= 0.3 is 5.97 Å². The second-order valence-electron chi connectivity index (χ2n) is 3.22. The van der Waals surface area contributed by atoms with Crippen LogP contribution in [-0.2, 0) is 4.74 Å². The predicted octanol–water partition coefficient (Wildman–Crippen LogP) is 1.72. The minimum atomic E-state index is -0.394. The summed E-state index contributed by atoms with van der Waals surface area (Å²) in [6.07, 6.45) is 1.66. The molecule has 1 heterocycles. The van der Waals surface area contributed by atoms with Gasteiger partial charge in [-0.15, -0.1) is 5.92 Å². The molecule has 80 valence electrons. The second kappa shape index (κ2) is 4.07. The van der Waals surface area contributed by atoms with E-state index in [-0.39, 0.29) is 0 Å². The van der Waals surface area contributed by atoms with Crippen molar-refractivity contribution in [3.8, 4) is 11.8 Å². The monoisotopic (exact) mass is 214 g/mol. The van der Waals surface area contributed by atoms with E-state index in [0.29, 0.717) is 11.1 Å². The smallest absolute Gasteiger partial charge is 0.340 e. The summed E-state index contributed by atoms with van der Waals surface area (Å²) in [6.45, 7) is 1.75. The van der Waals surface area contributed by atoms with Crippen LogP contribution in [0.4, 0.5) is 0 Å². The molecule has 0 spiro atoms. The standard InChI is InChI=1S/C12H10N2O2/c1-3-4-8-5-9-7-13-14-11(9)10(6-8)12(15)16-2/h5-7H,1-2H3,(H,13,14). The van der Waals surface area contributed by atoms with Crippen LogP contribution >= 0.6 is 0 Å². The topological polar surface area (TPSA) is 55.0 Å². The number of nitrogens with one attached hydrogen (secondary N) is 1. The van der Waals surface area contributed by atoms with E-state index in [0.717, 1.165) is 10.9 Å². The number of carbonyl (C=O) groups excluding carboxylic acids is 1. The van der Waals surface area contributed by atoms with Gasteiger partial charge in [0.25, 0.3) is 0 Å². The summed E-state index contributed by atoms with van der Waals surface area (Å²) < 4.78 is 4.71. The Hall–Kier alpha value is -2.28. The van der Waals surface area contributed by atoms with E-state index < -0.39 is 5.97 Å². The van der Waals surface area contributed by atoms with Gasteiger partial charge in [-0.2, -0.15) is 5.10 Å². The number of aromatic amines is 1. The second-order valence-corrected chi connectivity index (χ2v) is 3.22. The summed E-state index contributed by atoms with van der Waals surface area (Å²) in [5, 5.41) is 7.52. The molecule has 0 aliphatic heterocycles. The molecule has 1 N–H and O–H groups in total. The lowest BCUT2D eigenvalue weighted by atomic mass is 10.1. The van der Waals surface area contributed by atoms with E-state index in [9.17, 15) is 4.79 Å². The van der Waals surface area contributed by atoms with Crippen LogP contribution < -0.4 is 0 Å². The molecule has 0 saturated heterocycles. The Morgan fingerprint density at radius 2 is 2.31 bits per heavy atom. The van der Waals surface area contributed by atoms with Gasteiger partial charge in [0.1, 0.15) is 0 Å². The third-order valence-corrected chi connectivity index (χ3v) is 2.22. The summed E-state index contributed by atoms with van der Waals surface area (Å²) in [4.78, 5) is 11.6. The van der Waals surface area contributed by atoms with Crippen molar-refractivity contribution >= 4 is 16.9 Å². The van der Waals surface area contributed by atoms with Crippen LogP contribution in [0.15, 0.2) is 18.3 Å². The van der Waals surface area contributed by atoms with Crippen molar-refractivity contribution in [2.45, 2.75) is 6.92 Å². The zero-order valence-corrected chi connectivity index (χ0v) is 9.00. The molecule has 4 heteroatoms. The molecule has 0 atom stereocenters. The van der Waals surface area contributed by atoms with Gasteiger partial charge in [-0.05, 0) is 19.1 Å². The minimum Gasteiger partial charge on any atom is -0.465 e. The molecule has 0 amide bonds. The van der Waals surface area contributed by atoms with Gasteiger partial charge in [-0.25, -0.2) is 4.79 Å². The van der Waals surface area contributed by atoms with Crippen molar-refractivity contribution in [3.63, 3.8) is 0 Å². The number of H-pyrrole nitrogens is 1. The van der Waals surface area contributed by atoms with E-state index in [1.807, 2.05) is 6.07 Å². The normalized spacial score (nSPS) is 9.62. The van der Waals surface area contributed by atoms with Crippen LogP contribution in [0.3, 0.4) is 0 Å². The van der Waals surface area contributed by atoms with Crippen LogP contribution in [0.5, 0.6) is 0 Å². The molecule has 0 saturated carbocycles. The van der Waals surface area contributed by atoms with Crippen molar-refractivity contribution in [2.24, 2.45) is 0 Å². The number of carbonyl (C=O) groups is 1. The summed E-state index contributed by atoms with van der Waals surface area (Å²) in [7, 11) is 1.35. The van der Waals surface area contributed by atoms with E-state index >= 15 is 0 Å². The average molecular weight is 214 g/mol. The van der Waals surface area contributed by atoms with Crippen LogP contribution in [-0.4, -0.2) is 23.3 Å². The van der Waals surface area contributed by atoms with Crippen molar-refractivity contribution in [2.75, 3.05) is 7.11 Å². The predicted molar refractivity (Wildman–Crippen MR) is 60.0 cm³/mol. The van der Waals surface area contributed by atoms with Gasteiger partial charge in [0.05, 0.1) is 24.4 Å². The lowest BCUT2D eigenvalue weighted by Gasteiger charge is -2.01. The number of aromatic nitrogens is 2. The first-order chi connectivity index (χ1) is 7.76. The number of rotatable bonds is 1. The number of methoxy groups -OCH3 is 1. The highest BCUT2D eigenvalue weighted by molar-refractivity contribution is 6.03. The quantitative estimate of drug-likeness (QED) is 0.581. The molecule has 2 aromatic rings. The zero-order valence-electron chi connectivity index (χ0n) is 9.00. The van der Waals surface area contributed by atoms with Gasteiger partial charge in [0.2, 0.25) is 0 Å². The van der Waals surface area contributed by atoms with E-state index in [2.05, 4.69) is 22.0 Å². The molecule has 1 aromatic carbocycles.